The van der Waals surface area contributed by atoms with Gasteiger partial charge in [-0.2, -0.15) is 0 Å². The highest BCUT2D eigenvalue weighted by molar-refractivity contribution is 6.31. The number of para-hydroxylation sites is 1. The lowest BCUT2D eigenvalue weighted by Crippen LogP contribution is -2.05. The molecule has 3 aromatic rings. The van der Waals surface area contributed by atoms with E-state index in [0.29, 0.717) is 10.9 Å². The summed E-state index contributed by atoms with van der Waals surface area (Å²) in [5.41, 5.74) is 5.27. The third-order valence-electron chi connectivity index (χ3n) is 4.05. The predicted molar refractivity (Wildman–Crippen MR) is 85.1 cm³/mol. The number of nitrogens with one attached hydrogen (secondary N) is 1. The van der Waals surface area contributed by atoms with Crippen LogP contribution in [0.1, 0.15) is 22.9 Å². The quantitative estimate of drug-likeness (QED) is 0.754. The number of nitrogens with zero attached hydrogens (tertiary/aromatic N) is 1. The average Bonchev–Trinajstić information content (AvgIpc) is 3.04. The first-order valence-electron chi connectivity index (χ1n) is 7.09. The summed E-state index contributed by atoms with van der Waals surface area (Å²) in [6.07, 6.45) is 0.801. The van der Waals surface area contributed by atoms with Gasteiger partial charge in [0, 0.05) is 29.6 Å². The Labute approximate surface area is 127 Å². The number of halogens is 1. The molecule has 1 unspecified atom stereocenters. The van der Waals surface area contributed by atoms with Crippen LogP contribution in [-0.2, 0) is 6.42 Å². The standard InChI is InChI=1S/C17H15ClN2O/c1-10-6-12(18)8-15-17(10)21-16(20-15)7-11-9-19-14-5-3-2-4-13(11)14/h2-6,8,11,19H,7,9H2,1H3. The van der Waals surface area contributed by atoms with Gasteiger partial charge < -0.3 is 9.73 Å². The highest BCUT2D eigenvalue weighted by Crippen LogP contribution is 2.34. The molecule has 106 valence electrons. The fourth-order valence-electron chi connectivity index (χ4n) is 3.04. The topological polar surface area (TPSA) is 38.1 Å². The second-order valence-corrected chi connectivity index (χ2v) is 5.98. The molecule has 0 spiro atoms. The zero-order chi connectivity index (χ0) is 14.4. The van der Waals surface area contributed by atoms with E-state index in [2.05, 4.69) is 34.6 Å². The zero-order valence-corrected chi connectivity index (χ0v) is 12.4. The van der Waals surface area contributed by atoms with Crippen LogP contribution >= 0.6 is 11.6 Å². The Morgan fingerprint density at radius 1 is 1.33 bits per heavy atom. The third-order valence-corrected chi connectivity index (χ3v) is 4.26. The van der Waals surface area contributed by atoms with Gasteiger partial charge in [0.2, 0.25) is 0 Å². The summed E-state index contributed by atoms with van der Waals surface area (Å²) < 4.78 is 5.93. The molecule has 4 heteroatoms. The average molecular weight is 299 g/mol. The number of benzene rings is 2. The van der Waals surface area contributed by atoms with E-state index < -0.39 is 0 Å². The molecule has 4 rings (SSSR count). The number of hydrogen-bond acceptors (Lipinski definition) is 3. The second-order valence-electron chi connectivity index (χ2n) is 5.55. The minimum Gasteiger partial charge on any atom is -0.440 e. The van der Waals surface area contributed by atoms with E-state index in [0.717, 1.165) is 35.5 Å². The van der Waals surface area contributed by atoms with Crippen LogP contribution in [0.2, 0.25) is 5.02 Å². The van der Waals surface area contributed by atoms with Gasteiger partial charge in [0.05, 0.1) is 0 Å². The van der Waals surface area contributed by atoms with Gasteiger partial charge in [0.25, 0.3) is 0 Å². The van der Waals surface area contributed by atoms with Crippen LogP contribution in [-0.4, -0.2) is 11.5 Å². The van der Waals surface area contributed by atoms with Crippen molar-refractivity contribution in [3.63, 3.8) is 0 Å². The highest BCUT2D eigenvalue weighted by atomic mass is 35.5. The van der Waals surface area contributed by atoms with Gasteiger partial charge in [-0.05, 0) is 36.2 Å². The number of anilines is 1. The molecule has 1 N–H and O–H groups in total. The van der Waals surface area contributed by atoms with E-state index in [9.17, 15) is 0 Å². The smallest absolute Gasteiger partial charge is 0.196 e. The number of hydrogen-bond donors (Lipinski definition) is 1. The minimum atomic E-state index is 0.407. The first kappa shape index (κ1) is 12.7. The SMILES string of the molecule is Cc1cc(Cl)cc2nc(CC3CNc4ccccc43)oc12. The molecule has 0 saturated heterocycles. The molecular weight excluding hydrogens is 284 g/mol. The number of rotatable bonds is 2. The van der Waals surface area contributed by atoms with Crippen LogP contribution in [0.3, 0.4) is 0 Å². The lowest BCUT2D eigenvalue weighted by molar-refractivity contribution is 0.506. The van der Waals surface area contributed by atoms with Gasteiger partial charge >= 0.3 is 0 Å². The van der Waals surface area contributed by atoms with Crippen molar-refractivity contribution in [3.05, 3.63) is 58.4 Å². The molecular formula is C17H15ClN2O. The van der Waals surface area contributed by atoms with Crippen LogP contribution in [0.15, 0.2) is 40.8 Å². The third kappa shape index (κ3) is 2.18. The molecule has 2 aromatic carbocycles. The summed E-state index contributed by atoms with van der Waals surface area (Å²) in [4.78, 5) is 4.59. The van der Waals surface area contributed by atoms with Crippen molar-refractivity contribution in [2.45, 2.75) is 19.3 Å². The van der Waals surface area contributed by atoms with Gasteiger partial charge in [-0.1, -0.05) is 29.8 Å². The van der Waals surface area contributed by atoms with E-state index in [1.54, 1.807) is 0 Å². The van der Waals surface area contributed by atoms with Crippen molar-refractivity contribution in [1.82, 2.24) is 4.98 Å². The predicted octanol–water partition coefficient (Wildman–Crippen LogP) is 4.54. The van der Waals surface area contributed by atoms with Crippen molar-refractivity contribution in [2.24, 2.45) is 0 Å². The number of oxazole rings is 1. The fourth-order valence-corrected chi connectivity index (χ4v) is 3.31. The molecule has 0 fully saturated rings. The van der Waals surface area contributed by atoms with E-state index in [1.807, 2.05) is 19.1 Å². The Hall–Kier alpha value is -2.00. The van der Waals surface area contributed by atoms with Crippen molar-refractivity contribution in [3.8, 4) is 0 Å². The first-order valence-corrected chi connectivity index (χ1v) is 7.47. The maximum atomic E-state index is 6.08. The Balaban J connectivity index is 1.68. The summed E-state index contributed by atoms with van der Waals surface area (Å²) in [6.45, 7) is 2.92. The summed E-state index contributed by atoms with van der Waals surface area (Å²) in [5, 5.41) is 4.14. The Morgan fingerprint density at radius 3 is 3.10 bits per heavy atom. The number of aryl methyl sites for hydroxylation is 1. The van der Waals surface area contributed by atoms with Crippen LogP contribution < -0.4 is 5.32 Å². The van der Waals surface area contributed by atoms with E-state index in [4.69, 9.17) is 16.0 Å². The van der Waals surface area contributed by atoms with Crippen LogP contribution in [0, 0.1) is 6.92 Å². The molecule has 0 bridgehead atoms. The van der Waals surface area contributed by atoms with Crippen LogP contribution in [0.25, 0.3) is 11.1 Å². The normalized spacial score (nSPS) is 17.0. The van der Waals surface area contributed by atoms with Crippen molar-refractivity contribution >= 4 is 28.4 Å². The fraction of sp³-hybridized carbons (Fsp3) is 0.235. The van der Waals surface area contributed by atoms with Gasteiger partial charge in [-0.3, -0.25) is 0 Å². The molecule has 0 radical (unpaired) electrons. The van der Waals surface area contributed by atoms with E-state index >= 15 is 0 Å². The largest absolute Gasteiger partial charge is 0.440 e. The van der Waals surface area contributed by atoms with E-state index in [1.165, 1.54) is 11.3 Å². The molecule has 1 aromatic heterocycles. The van der Waals surface area contributed by atoms with Crippen molar-refractivity contribution < 1.29 is 4.42 Å². The summed E-state index contributed by atoms with van der Waals surface area (Å²) in [7, 11) is 0. The minimum absolute atomic E-state index is 0.407. The monoisotopic (exact) mass is 298 g/mol. The van der Waals surface area contributed by atoms with Gasteiger partial charge in [-0.15, -0.1) is 0 Å². The van der Waals surface area contributed by atoms with Crippen LogP contribution in [0.4, 0.5) is 5.69 Å². The van der Waals surface area contributed by atoms with Crippen molar-refractivity contribution in [1.29, 1.82) is 0 Å². The first-order chi connectivity index (χ1) is 10.2. The molecule has 1 atom stereocenters. The maximum Gasteiger partial charge on any atom is 0.196 e. The molecule has 1 aliphatic rings. The molecule has 0 saturated carbocycles. The van der Waals surface area contributed by atoms with Gasteiger partial charge in [0.1, 0.15) is 5.52 Å². The van der Waals surface area contributed by atoms with Gasteiger partial charge in [-0.25, -0.2) is 4.98 Å². The summed E-state index contributed by atoms with van der Waals surface area (Å²) >= 11 is 6.08. The second kappa shape index (κ2) is 4.78. The number of aromatic nitrogens is 1. The van der Waals surface area contributed by atoms with Crippen molar-refractivity contribution in [2.75, 3.05) is 11.9 Å². The van der Waals surface area contributed by atoms with Crippen LogP contribution in [0.5, 0.6) is 0 Å². The summed E-state index contributed by atoms with van der Waals surface area (Å²) in [6, 6.07) is 12.2. The Kier molecular flexibility index (Phi) is 2.89. The highest BCUT2D eigenvalue weighted by Gasteiger charge is 2.24. The zero-order valence-electron chi connectivity index (χ0n) is 11.7. The molecule has 1 aliphatic heterocycles. The summed E-state index contributed by atoms with van der Waals surface area (Å²) in [5.74, 6) is 1.18. The molecule has 0 amide bonds. The number of fused-ring (bicyclic) bond motifs is 2. The molecule has 3 nitrogen and oxygen atoms in total. The molecule has 0 aliphatic carbocycles. The lowest BCUT2D eigenvalue weighted by atomic mass is 9.98. The molecule has 2 heterocycles. The lowest BCUT2D eigenvalue weighted by Gasteiger charge is -2.06. The van der Waals surface area contributed by atoms with E-state index in [-0.39, 0.29) is 0 Å². The Morgan fingerprint density at radius 2 is 2.19 bits per heavy atom. The van der Waals surface area contributed by atoms with Gasteiger partial charge in [0.15, 0.2) is 11.5 Å². The Bertz CT molecular complexity index is 825. The maximum absolute atomic E-state index is 6.08. The molecule has 21 heavy (non-hydrogen) atoms.